The second kappa shape index (κ2) is 9.12. The van der Waals surface area contributed by atoms with E-state index in [4.69, 9.17) is 9.47 Å². The summed E-state index contributed by atoms with van der Waals surface area (Å²) in [5.41, 5.74) is 2.33. The Labute approximate surface area is 166 Å². The number of benzene rings is 1. The Morgan fingerprint density at radius 2 is 2.19 bits per heavy atom. The number of halogens is 1. The number of anilines is 2. The molecule has 2 amide bonds. The van der Waals surface area contributed by atoms with Crippen molar-refractivity contribution in [2.24, 2.45) is 0 Å². The maximum absolute atomic E-state index is 12.3. The van der Waals surface area contributed by atoms with E-state index in [9.17, 15) is 4.79 Å². The highest BCUT2D eigenvalue weighted by Gasteiger charge is 2.17. The number of urea groups is 1. The Bertz CT molecular complexity index is 794. The summed E-state index contributed by atoms with van der Waals surface area (Å²) in [6.45, 7) is 6.44. The van der Waals surface area contributed by atoms with Gasteiger partial charge >= 0.3 is 6.03 Å². The molecule has 3 rings (SSSR count). The van der Waals surface area contributed by atoms with Gasteiger partial charge in [-0.25, -0.2) is 9.78 Å². The summed E-state index contributed by atoms with van der Waals surface area (Å²) < 4.78 is 12.4. The van der Waals surface area contributed by atoms with E-state index in [1.54, 1.807) is 6.20 Å². The zero-order chi connectivity index (χ0) is 19.2. The van der Waals surface area contributed by atoms with Crippen molar-refractivity contribution in [2.75, 3.05) is 36.9 Å². The minimum atomic E-state index is -0.427. The van der Waals surface area contributed by atoms with Gasteiger partial charge < -0.3 is 20.1 Å². The lowest BCUT2D eigenvalue weighted by molar-refractivity contribution is 0.000338. The number of hydrogen-bond donors (Lipinski definition) is 3. The molecule has 1 aromatic carbocycles. The van der Waals surface area contributed by atoms with E-state index in [1.807, 2.05) is 26.0 Å². The van der Waals surface area contributed by atoms with Crippen molar-refractivity contribution in [3.63, 3.8) is 0 Å². The number of carbonyl (C=O) groups excluding carboxylic acids is 1. The van der Waals surface area contributed by atoms with Gasteiger partial charge in [0.1, 0.15) is 18.5 Å². The number of amides is 2. The molecule has 0 aliphatic carbocycles. The topological polar surface area (TPSA) is 97.4 Å². The summed E-state index contributed by atoms with van der Waals surface area (Å²) in [5.74, 6) is 0.948. The molecule has 0 saturated carbocycles. The first-order valence-corrected chi connectivity index (χ1v) is 9.42. The Morgan fingerprint density at radius 1 is 1.33 bits per heavy atom. The van der Waals surface area contributed by atoms with Crippen LogP contribution in [-0.2, 0) is 4.74 Å². The van der Waals surface area contributed by atoms with Crippen LogP contribution < -0.4 is 20.7 Å². The van der Waals surface area contributed by atoms with Crippen molar-refractivity contribution < 1.29 is 14.3 Å². The quantitative estimate of drug-likeness (QED) is 0.667. The van der Waals surface area contributed by atoms with E-state index in [1.165, 1.54) is 6.20 Å². The molecule has 1 saturated heterocycles. The van der Waals surface area contributed by atoms with Gasteiger partial charge in [0, 0.05) is 17.6 Å². The molecular weight excluding hydrogens is 414 g/mol. The van der Waals surface area contributed by atoms with Crippen LogP contribution in [0.4, 0.5) is 16.3 Å². The van der Waals surface area contributed by atoms with Crippen LogP contribution in [0.5, 0.6) is 5.75 Å². The van der Waals surface area contributed by atoms with Crippen LogP contribution in [0.3, 0.4) is 0 Å². The molecule has 27 heavy (non-hydrogen) atoms. The minimum Gasteiger partial charge on any atom is -0.489 e. The average molecular weight is 436 g/mol. The van der Waals surface area contributed by atoms with Gasteiger partial charge in [0.05, 0.1) is 30.4 Å². The van der Waals surface area contributed by atoms with Crippen LogP contribution in [0, 0.1) is 13.8 Å². The molecule has 144 valence electrons. The summed E-state index contributed by atoms with van der Waals surface area (Å²) in [4.78, 5) is 20.5. The molecule has 9 heteroatoms. The standard InChI is InChI=1S/C18H22BrN5O3/c1-11-5-16(27-10-13-8-20-3-4-26-13)15(6-14(11)19)23-18(25)24-17-9-21-12(2)7-22-17/h5-7,9,13,20H,3-4,8,10H2,1-2H3,(H2,22,23,24,25)/t13-/m1/s1. The van der Waals surface area contributed by atoms with E-state index in [2.05, 4.69) is 41.8 Å². The number of nitrogens with zero attached hydrogens (tertiary/aromatic N) is 2. The van der Waals surface area contributed by atoms with Crippen LogP contribution in [0.15, 0.2) is 29.0 Å². The zero-order valence-corrected chi connectivity index (χ0v) is 16.8. The number of nitrogens with one attached hydrogen (secondary N) is 3. The van der Waals surface area contributed by atoms with Crippen molar-refractivity contribution in [2.45, 2.75) is 20.0 Å². The number of ether oxygens (including phenoxy) is 2. The van der Waals surface area contributed by atoms with Crippen LogP contribution >= 0.6 is 15.9 Å². The number of rotatable bonds is 5. The summed E-state index contributed by atoms with van der Waals surface area (Å²) in [6, 6.07) is 3.26. The van der Waals surface area contributed by atoms with Crippen LogP contribution in [-0.4, -0.2) is 48.4 Å². The maximum Gasteiger partial charge on any atom is 0.325 e. The minimum absolute atomic E-state index is 0.0211. The first-order chi connectivity index (χ1) is 13.0. The molecule has 1 atom stereocenters. The predicted molar refractivity (Wildman–Crippen MR) is 106 cm³/mol. The van der Waals surface area contributed by atoms with E-state index < -0.39 is 6.03 Å². The van der Waals surface area contributed by atoms with Crippen LogP contribution in [0.25, 0.3) is 0 Å². The summed E-state index contributed by atoms with van der Waals surface area (Å²) in [6.07, 6.45) is 3.07. The van der Waals surface area contributed by atoms with Crippen molar-refractivity contribution in [3.8, 4) is 5.75 Å². The molecule has 2 aromatic rings. The van der Waals surface area contributed by atoms with Crippen LogP contribution in [0.2, 0.25) is 0 Å². The van der Waals surface area contributed by atoms with E-state index in [-0.39, 0.29) is 6.10 Å². The van der Waals surface area contributed by atoms with Gasteiger partial charge in [-0.3, -0.25) is 10.3 Å². The van der Waals surface area contributed by atoms with Crippen molar-refractivity contribution in [1.29, 1.82) is 0 Å². The molecule has 1 fully saturated rings. The Hall–Kier alpha value is -2.23. The zero-order valence-electron chi connectivity index (χ0n) is 15.2. The van der Waals surface area contributed by atoms with Gasteiger partial charge in [0.25, 0.3) is 0 Å². The molecule has 0 spiro atoms. The van der Waals surface area contributed by atoms with Gasteiger partial charge in [-0.1, -0.05) is 15.9 Å². The molecule has 1 aromatic heterocycles. The smallest absolute Gasteiger partial charge is 0.325 e. The number of morpholine rings is 1. The molecule has 0 unspecified atom stereocenters. The second-order valence-corrected chi connectivity index (χ2v) is 7.08. The normalized spacial score (nSPS) is 16.6. The van der Waals surface area contributed by atoms with E-state index in [0.717, 1.165) is 28.8 Å². The first-order valence-electron chi connectivity index (χ1n) is 8.63. The molecule has 0 bridgehead atoms. The second-order valence-electron chi connectivity index (χ2n) is 6.23. The van der Waals surface area contributed by atoms with Gasteiger partial charge in [0.15, 0.2) is 5.82 Å². The monoisotopic (exact) mass is 435 g/mol. The number of aromatic nitrogens is 2. The summed E-state index contributed by atoms with van der Waals surface area (Å²) in [5, 5.41) is 8.72. The van der Waals surface area contributed by atoms with Crippen molar-refractivity contribution >= 4 is 33.5 Å². The van der Waals surface area contributed by atoms with Gasteiger partial charge in [-0.15, -0.1) is 0 Å². The molecule has 3 N–H and O–H groups in total. The molecular formula is C18H22BrN5O3. The molecule has 8 nitrogen and oxygen atoms in total. The fraction of sp³-hybridized carbons (Fsp3) is 0.389. The van der Waals surface area contributed by atoms with Crippen LogP contribution in [0.1, 0.15) is 11.3 Å². The largest absolute Gasteiger partial charge is 0.489 e. The lowest BCUT2D eigenvalue weighted by atomic mass is 10.2. The highest BCUT2D eigenvalue weighted by atomic mass is 79.9. The van der Waals surface area contributed by atoms with Gasteiger partial charge in [-0.2, -0.15) is 0 Å². The first kappa shape index (κ1) is 19.5. The fourth-order valence-corrected chi connectivity index (χ4v) is 2.85. The van der Waals surface area contributed by atoms with E-state index in [0.29, 0.717) is 30.5 Å². The highest BCUT2D eigenvalue weighted by molar-refractivity contribution is 9.10. The molecule has 2 heterocycles. The molecule has 1 aliphatic rings. The Balaban J connectivity index is 1.67. The molecule has 0 radical (unpaired) electrons. The fourth-order valence-electron chi connectivity index (χ4n) is 2.51. The highest BCUT2D eigenvalue weighted by Crippen LogP contribution is 2.31. The number of hydrogen-bond acceptors (Lipinski definition) is 6. The third kappa shape index (κ3) is 5.62. The van der Waals surface area contributed by atoms with Crippen molar-refractivity contribution in [1.82, 2.24) is 15.3 Å². The Morgan fingerprint density at radius 3 is 2.89 bits per heavy atom. The predicted octanol–water partition coefficient (Wildman–Crippen LogP) is 2.87. The third-order valence-corrected chi connectivity index (χ3v) is 4.82. The lowest BCUT2D eigenvalue weighted by Crippen LogP contribution is -2.41. The number of carbonyl (C=O) groups is 1. The molecule has 1 aliphatic heterocycles. The third-order valence-electron chi connectivity index (χ3n) is 3.96. The average Bonchev–Trinajstić information content (AvgIpc) is 2.66. The maximum atomic E-state index is 12.3. The van der Waals surface area contributed by atoms with Gasteiger partial charge in [0.2, 0.25) is 0 Å². The van der Waals surface area contributed by atoms with Gasteiger partial charge in [-0.05, 0) is 31.5 Å². The lowest BCUT2D eigenvalue weighted by Gasteiger charge is -2.24. The van der Waals surface area contributed by atoms with E-state index >= 15 is 0 Å². The summed E-state index contributed by atoms with van der Waals surface area (Å²) in [7, 11) is 0. The number of aryl methyl sites for hydroxylation is 2. The SMILES string of the molecule is Cc1cnc(NC(=O)Nc2cc(Br)c(C)cc2OC[C@H]2CNCCO2)cn1. The van der Waals surface area contributed by atoms with Crippen molar-refractivity contribution in [3.05, 3.63) is 40.3 Å². The Kier molecular flexibility index (Phi) is 6.59. The summed E-state index contributed by atoms with van der Waals surface area (Å²) >= 11 is 3.49.